The molecule has 1 N–H and O–H groups in total. The Morgan fingerprint density at radius 1 is 1.15 bits per heavy atom. The van der Waals surface area contributed by atoms with Crippen LogP contribution in [0.5, 0.6) is 0 Å². The third kappa shape index (κ3) is 2.91. The first-order valence-corrected chi connectivity index (χ1v) is 8.33. The van der Waals surface area contributed by atoms with Crippen molar-refractivity contribution in [2.45, 2.75) is 18.9 Å². The van der Waals surface area contributed by atoms with Crippen molar-refractivity contribution in [3.05, 3.63) is 67.2 Å². The molecule has 20 heavy (non-hydrogen) atoms. The maximum atomic E-state index is 12.4. The van der Waals surface area contributed by atoms with Crippen molar-refractivity contribution in [2.75, 3.05) is 0 Å². The van der Waals surface area contributed by atoms with Crippen LogP contribution in [0, 0.1) is 3.57 Å². The van der Waals surface area contributed by atoms with Gasteiger partial charge in [0.15, 0.2) is 0 Å². The largest absolute Gasteiger partial charge is 0.349 e. The molecule has 0 aliphatic heterocycles. The van der Waals surface area contributed by atoms with Gasteiger partial charge in [0.25, 0.3) is 5.91 Å². The van der Waals surface area contributed by atoms with Gasteiger partial charge in [-0.2, -0.15) is 0 Å². The molecule has 1 amide bonds. The van der Waals surface area contributed by atoms with Crippen LogP contribution < -0.4 is 5.32 Å². The monoisotopic (exact) mass is 441 g/mol. The summed E-state index contributed by atoms with van der Waals surface area (Å²) in [5.74, 6) is 0.00788. The molecule has 4 heteroatoms. The number of halogens is 2. The third-order valence-electron chi connectivity index (χ3n) is 3.56. The van der Waals surface area contributed by atoms with Gasteiger partial charge in [-0.25, -0.2) is 0 Å². The number of amides is 1. The number of rotatable bonds is 2. The Bertz CT molecular complexity index is 646. The van der Waals surface area contributed by atoms with Crippen molar-refractivity contribution in [2.24, 2.45) is 0 Å². The van der Waals surface area contributed by atoms with Crippen molar-refractivity contribution in [3.63, 3.8) is 0 Å². The number of benzene rings is 2. The fourth-order valence-electron chi connectivity index (χ4n) is 2.60. The van der Waals surface area contributed by atoms with Crippen LogP contribution in [0.2, 0.25) is 0 Å². The van der Waals surface area contributed by atoms with Crippen molar-refractivity contribution in [1.29, 1.82) is 0 Å². The van der Waals surface area contributed by atoms with E-state index >= 15 is 0 Å². The van der Waals surface area contributed by atoms with E-state index in [2.05, 4.69) is 68.1 Å². The van der Waals surface area contributed by atoms with E-state index in [1.54, 1.807) is 0 Å². The van der Waals surface area contributed by atoms with E-state index in [0.717, 1.165) is 26.4 Å². The van der Waals surface area contributed by atoms with Crippen LogP contribution in [-0.4, -0.2) is 11.9 Å². The molecule has 0 atom stereocenters. The third-order valence-corrected chi connectivity index (χ3v) is 4.99. The van der Waals surface area contributed by atoms with Crippen molar-refractivity contribution >= 4 is 44.4 Å². The van der Waals surface area contributed by atoms with Crippen molar-refractivity contribution in [3.8, 4) is 0 Å². The molecular formula is C16H13BrINO. The molecule has 0 saturated heterocycles. The highest BCUT2D eigenvalue weighted by atomic mass is 127. The molecule has 1 aliphatic carbocycles. The lowest BCUT2D eigenvalue weighted by atomic mass is 10.1. The van der Waals surface area contributed by atoms with Crippen LogP contribution in [0.4, 0.5) is 0 Å². The van der Waals surface area contributed by atoms with E-state index < -0.39 is 0 Å². The first-order chi connectivity index (χ1) is 9.63. The zero-order chi connectivity index (χ0) is 14.1. The molecular weight excluding hydrogens is 429 g/mol. The minimum absolute atomic E-state index is 0.00788. The molecule has 3 rings (SSSR count). The summed E-state index contributed by atoms with van der Waals surface area (Å²) in [6.45, 7) is 0. The highest BCUT2D eigenvalue weighted by Crippen LogP contribution is 2.23. The second-order valence-electron chi connectivity index (χ2n) is 4.97. The van der Waals surface area contributed by atoms with Gasteiger partial charge in [-0.15, -0.1) is 0 Å². The van der Waals surface area contributed by atoms with Gasteiger partial charge >= 0.3 is 0 Å². The topological polar surface area (TPSA) is 29.1 Å². The number of fused-ring (bicyclic) bond motifs is 1. The number of carbonyl (C=O) groups is 1. The lowest BCUT2D eigenvalue weighted by Crippen LogP contribution is -2.35. The smallest absolute Gasteiger partial charge is 0.252 e. The Labute approximate surface area is 140 Å². The average Bonchev–Trinajstić information content (AvgIpc) is 2.83. The highest BCUT2D eigenvalue weighted by Gasteiger charge is 2.23. The predicted octanol–water partition coefficient (Wildman–Crippen LogP) is 3.95. The molecule has 0 aromatic heterocycles. The second kappa shape index (κ2) is 5.85. The van der Waals surface area contributed by atoms with E-state index in [9.17, 15) is 4.79 Å². The zero-order valence-electron chi connectivity index (χ0n) is 10.7. The molecule has 2 nitrogen and oxygen atoms in total. The summed E-state index contributed by atoms with van der Waals surface area (Å²) in [6.07, 6.45) is 1.85. The minimum Gasteiger partial charge on any atom is -0.349 e. The Kier molecular flexibility index (Phi) is 4.12. The van der Waals surface area contributed by atoms with Gasteiger partial charge in [-0.05, 0) is 64.8 Å². The van der Waals surface area contributed by atoms with E-state index in [4.69, 9.17) is 0 Å². The summed E-state index contributed by atoms with van der Waals surface area (Å²) in [7, 11) is 0. The van der Waals surface area contributed by atoms with E-state index in [0.29, 0.717) is 0 Å². The Morgan fingerprint density at radius 3 is 2.45 bits per heavy atom. The SMILES string of the molecule is O=C(NC1Cc2ccccc2C1)c1cc(Br)ccc1I. The Morgan fingerprint density at radius 2 is 1.80 bits per heavy atom. The lowest BCUT2D eigenvalue weighted by molar-refractivity contribution is 0.0937. The van der Waals surface area contributed by atoms with Gasteiger partial charge in [0.05, 0.1) is 5.56 Å². The molecule has 2 aromatic carbocycles. The van der Waals surface area contributed by atoms with Gasteiger partial charge in [0.1, 0.15) is 0 Å². The average molecular weight is 442 g/mol. The van der Waals surface area contributed by atoms with Gasteiger partial charge in [0, 0.05) is 14.1 Å². The normalized spacial score (nSPS) is 14.1. The quantitative estimate of drug-likeness (QED) is 0.702. The summed E-state index contributed by atoms with van der Waals surface area (Å²) in [6, 6.07) is 14.4. The van der Waals surface area contributed by atoms with Crippen LogP contribution in [0.3, 0.4) is 0 Å². The maximum Gasteiger partial charge on any atom is 0.252 e. The fourth-order valence-corrected chi connectivity index (χ4v) is 3.54. The molecule has 2 aromatic rings. The van der Waals surface area contributed by atoms with Crippen LogP contribution >= 0.6 is 38.5 Å². The molecule has 0 unspecified atom stereocenters. The summed E-state index contributed by atoms with van der Waals surface area (Å²) in [4.78, 5) is 12.4. The molecule has 1 aliphatic rings. The van der Waals surface area contributed by atoms with Gasteiger partial charge in [0.2, 0.25) is 0 Å². The molecule has 0 radical (unpaired) electrons. The van der Waals surface area contributed by atoms with Crippen LogP contribution in [-0.2, 0) is 12.8 Å². The minimum atomic E-state index is 0.00788. The van der Waals surface area contributed by atoms with Gasteiger partial charge in [-0.3, -0.25) is 4.79 Å². The number of nitrogens with one attached hydrogen (secondary N) is 1. The van der Waals surface area contributed by atoms with Gasteiger partial charge in [-0.1, -0.05) is 40.2 Å². The molecule has 0 saturated carbocycles. The molecule has 0 fully saturated rings. The summed E-state index contributed by atoms with van der Waals surface area (Å²) >= 11 is 5.61. The number of hydrogen-bond acceptors (Lipinski definition) is 1. The standard InChI is InChI=1S/C16H13BrINO/c17-12-5-6-15(18)14(9-12)16(20)19-13-7-10-3-1-2-4-11(10)8-13/h1-6,9,13H,7-8H2,(H,19,20). The first-order valence-electron chi connectivity index (χ1n) is 6.46. The van der Waals surface area contributed by atoms with Crippen LogP contribution in [0.1, 0.15) is 21.5 Å². The zero-order valence-corrected chi connectivity index (χ0v) is 14.4. The second-order valence-corrected chi connectivity index (χ2v) is 7.05. The Hall–Kier alpha value is -0.880. The summed E-state index contributed by atoms with van der Waals surface area (Å²) in [5.41, 5.74) is 3.43. The van der Waals surface area contributed by atoms with Crippen LogP contribution in [0.25, 0.3) is 0 Å². The Balaban J connectivity index is 1.74. The lowest BCUT2D eigenvalue weighted by Gasteiger charge is -2.13. The highest BCUT2D eigenvalue weighted by molar-refractivity contribution is 14.1. The van der Waals surface area contributed by atoms with Crippen molar-refractivity contribution < 1.29 is 4.79 Å². The molecule has 0 spiro atoms. The summed E-state index contributed by atoms with van der Waals surface area (Å²) < 4.78 is 1.90. The van der Waals surface area contributed by atoms with E-state index in [1.165, 1.54) is 11.1 Å². The molecule has 0 bridgehead atoms. The maximum absolute atomic E-state index is 12.4. The number of hydrogen-bond donors (Lipinski definition) is 1. The van der Waals surface area contributed by atoms with Crippen LogP contribution in [0.15, 0.2) is 46.9 Å². The van der Waals surface area contributed by atoms with Crippen molar-refractivity contribution in [1.82, 2.24) is 5.32 Å². The number of carbonyl (C=O) groups excluding carboxylic acids is 1. The predicted molar refractivity (Wildman–Crippen MR) is 92.0 cm³/mol. The van der Waals surface area contributed by atoms with E-state index in [-0.39, 0.29) is 11.9 Å². The molecule has 102 valence electrons. The fraction of sp³-hybridized carbons (Fsp3) is 0.188. The first kappa shape index (κ1) is 14.1. The summed E-state index contributed by atoms with van der Waals surface area (Å²) in [5, 5.41) is 3.15. The van der Waals surface area contributed by atoms with E-state index in [1.807, 2.05) is 18.2 Å². The van der Waals surface area contributed by atoms with Gasteiger partial charge < -0.3 is 5.32 Å². The molecule has 0 heterocycles.